The van der Waals surface area contributed by atoms with Gasteiger partial charge in [0.2, 0.25) is 5.89 Å². The Kier molecular flexibility index (Phi) is 4.00. The predicted octanol–water partition coefficient (Wildman–Crippen LogP) is 4.44. The number of anilines is 1. The van der Waals surface area contributed by atoms with Gasteiger partial charge < -0.3 is 14.4 Å². The number of fused-ring (bicyclic) bond motifs is 3. The molecule has 0 radical (unpaired) electrons. The van der Waals surface area contributed by atoms with Crippen molar-refractivity contribution in [2.75, 3.05) is 11.9 Å². The largest absolute Gasteiger partial charge is 0.384 e. The lowest BCUT2D eigenvalue weighted by molar-refractivity contribution is 0.0322. The molecule has 3 saturated carbocycles. The highest BCUT2D eigenvalue weighted by Crippen LogP contribution is 2.57. The highest BCUT2D eigenvalue weighted by Gasteiger charge is 2.51. The molecule has 146 valence electrons. The van der Waals surface area contributed by atoms with Crippen molar-refractivity contribution >= 4 is 5.69 Å². The molecule has 2 bridgehead atoms. The van der Waals surface area contributed by atoms with Gasteiger partial charge in [0, 0.05) is 23.2 Å². The molecule has 28 heavy (non-hydrogen) atoms. The van der Waals surface area contributed by atoms with Gasteiger partial charge in [-0.25, -0.2) is 0 Å². The molecule has 0 spiro atoms. The van der Waals surface area contributed by atoms with Crippen molar-refractivity contribution in [2.24, 2.45) is 5.41 Å². The Morgan fingerprint density at radius 2 is 1.64 bits per heavy atom. The molecule has 2 aromatic heterocycles. The van der Waals surface area contributed by atoms with Gasteiger partial charge in [-0.15, -0.1) is 0 Å². The first-order chi connectivity index (χ1) is 13.6. The number of benzene rings is 1. The molecule has 3 fully saturated rings. The lowest BCUT2D eigenvalue weighted by Gasteiger charge is -2.52. The molecule has 6 rings (SSSR count). The van der Waals surface area contributed by atoms with E-state index < -0.39 is 0 Å². The number of nitrogens with zero attached hydrogens (tertiary/aromatic N) is 4. The molecule has 0 aliphatic heterocycles. The maximum absolute atomic E-state index is 5.55. The topological polar surface area (TPSA) is 89.9 Å². The molecule has 0 saturated heterocycles. The van der Waals surface area contributed by atoms with Crippen LogP contribution in [0.1, 0.15) is 56.1 Å². The minimum Gasteiger partial charge on any atom is -0.384 e. The van der Waals surface area contributed by atoms with Gasteiger partial charge in [0.25, 0.3) is 5.89 Å². The van der Waals surface area contributed by atoms with Crippen LogP contribution in [0.15, 0.2) is 33.3 Å². The van der Waals surface area contributed by atoms with Gasteiger partial charge in [0.15, 0.2) is 11.6 Å². The number of nitrogens with one attached hydrogen (secondary N) is 1. The van der Waals surface area contributed by atoms with E-state index in [2.05, 4.69) is 37.7 Å². The molecular weight excluding hydrogens is 354 g/mol. The summed E-state index contributed by atoms with van der Waals surface area (Å²) in [6, 6.07) is 8.21. The average Bonchev–Trinajstić information content (AvgIpc) is 3.37. The molecule has 1 N–H and O–H groups in total. The van der Waals surface area contributed by atoms with Crippen LogP contribution in [0.25, 0.3) is 11.5 Å². The van der Waals surface area contributed by atoms with E-state index in [1.807, 2.05) is 26.0 Å². The standard InChI is InChI=1S/C21H25N5O2/c1-14-23-18(27-25-14)16-4-3-5-17(12-16)22-13-20-6-9-21(10-7-20,11-8-20)19-24-15(2)26-28-19/h3-5,12,22H,6-11,13H2,1-2H3. The average molecular weight is 379 g/mol. The molecule has 0 amide bonds. The Balaban J connectivity index is 1.26. The molecule has 3 aliphatic carbocycles. The zero-order valence-corrected chi connectivity index (χ0v) is 16.4. The van der Waals surface area contributed by atoms with Crippen LogP contribution in [0.2, 0.25) is 0 Å². The number of hydrogen-bond donors (Lipinski definition) is 1. The summed E-state index contributed by atoms with van der Waals surface area (Å²) in [6.45, 7) is 4.71. The van der Waals surface area contributed by atoms with E-state index in [1.54, 1.807) is 0 Å². The van der Waals surface area contributed by atoms with Crippen LogP contribution in [-0.2, 0) is 5.41 Å². The van der Waals surface area contributed by atoms with E-state index >= 15 is 0 Å². The molecule has 1 aromatic carbocycles. The summed E-state index contributed by atoms with van der Waals surface area (Å²) in [4.78, 5) is 8.87. The third-order valence-corrected chi connectivity index (χ3v) is 6.69. The first kappa shape index (κ1) is 17.4. The van der Waals surface area contributed by atoms with Gasteiger partial charge in [0.1, 0.15) is 0 Å². The van der Waals surface area contributed by atoms with Crippen LogP contribution in [0, 0.1) is 19.3 Å². The lowest BCUT2D eigenvalue weighted by Crippen LogP contribution is -2.47. The van der Waals surface area contributed by atoms with E-state index in [0.717, 1.165) is 48.8 Å². The number of rotatable bonds is 5. The van der Waals surface area contributed by atoms with E-state index in [9.17, 15) is 0 Å². The molecule has 0 unspecified atom stereocenters. The van der Waals surface area contributed by atoms with Gasteiger partial charge in [-0.2, -0.15) is 9.97 Å². The predicted molar refractivity (Wildman–Crippen MR) is 104 cm³/mol. The molecule has 3 aliphatic rings. The minimum atomic E-state index is 0.110. The Morgan fingerprint density at radius 3 is 2.29 bits per heavy atom. The van der Waals surface area contributed by atoms with Gasteiger partial charge >= 0.3 is 0 Å². The fourth-order valence-corrected chi connectivity index (χ4v) is 4.83. The van der Waals surface area contributed by atoms with Crippen molar-refractivity contribution < 1.29 is 9.05 Å². The Hall–Kier alpha value is -2.70. The van der Waals surface area contributed by atoms with Gasteiger partial charge in [0.05, 0.1) is 0 Å². The lowest BCUT2D eigenvalue weighted by atomic mass is 9.53. The van der Waals surface area contributed by atoms with Crippen molar-refractivity contribution in [3.05, 3.63) is 41.8 Å². The zero-order chi connectivity index (χ0) is 19.2. The smallest absolute Gasteiger partial charge is 0.257 e. The SMILES string of the molecule is Cc1noc(-c2cccc(NCC34CCC(c5nc(C)no5)(CC3)CC4)c2)n1. The monoisotopic (exact) mass is 379 g/mol. The molecule has 7 nitrogen and oxygen atoms in total. The second-order valence-electron chi connectivity index (χ2n) is 8.51. The Bertz CT molecular complexity index is 968. The van der Waals surface area contributed by atoms with Crippen molar-refractivity contribution in [2.45, 2.75) is 57.8 Å². The van der Waals surface area contributed by atoms with E-state index in [0.29, 0.717) is 17.1 Å². The highest BCUT2D eigenvalue weighted by molar-refractivity contribution is 5.61. The molecule has 3 aromatic rings. The van der Waals surface area contributed by atoms with Crippen LogP contribution in [-0.4, -0.2) is 26.8 Å². The third kappa shape index (κ3) is 2.99. The number of aromatic nitrogens is 4. The first-order valence-electron chi connectivity index (χ1n) is 10.0. The fourth-order valence-electron chi connectivity index (χ4n) is 4.83. The molecule has 7 heteroatoms. The Morgan fingerprint density at radius 1 is 0.929 bits per heavy atom. The summed E-state index contributed by atoms with van der Waals surface area (Å²) in [6.07, 6.45) is 7.00. The van der Waals surface area contributed by atoms with Crippen molar-refractivity contribution in [1.29, 1.82) is 0 Å². The highest BCUT2D eigenvalue weighted by atomic mass is 16.5. The van der Waals surface area contributed by atoms with Crippen LogP contribution in [0.5, 0.6) is 0 Å². The summed E-state index contributed by atoms with van der Waals surface area (Å²) in [7, 11) is 0. The number of aryl methyl sites for hydroxylation is 2. The van der Waals surface area contributed by atoms with Gasteiger partial charge in [-0.3, -0.25) is 0 Å². The van der Waals surface area contributed by atoms with E-state index in [-0.39, 0.29) is 5.41 Å². The summed E-state index contributed by atoms with van der Waals surface area (Å²) < 4.78 is 10.8. The normalized spacial score (nSPS) is 26.5. The van der Waals surface area contributed by atoms with Gasteiger partial charge in [-0.05, 0) is 76.0 Å². The second-order valence-corrected chi connectivity index (χ2v) is 8.51. The fraction of sp³-hybridized carbons (Fsp3) is 0.524. The molecular formula is C21H25N5O2. The van der Waals surface area contributed by atoms with Gasteiger partial charge in [-0.1, -0.05) is 16.4 Å². The maximum atomic E-state index is 5.55. The summed E-state index contributed by atoms with van der Waals surface area (Å²) in [5.41, 5.74) is 2.51. The zero-order valence-electron chi connectivity index (χ0n) is 16.4. The summed E-state index contributed by atoms with van der Waals surface area (Å²) in [5, 5.41) is 11.6. The number of hydrogen-bond acceptors (Lipinski definition) is 7. The molecule has 0 atom stereocenters. The van der Waals surface area contributed by atoms with Crippen molar-refractivity contribution in [1.82, 2.24) is 20.3 Å². The van der Waals surface area contributed by atoms with E-state index in [1.165, 1.54) is 19.3 Å². The van der Waals surface area contributed by atoms with Crippen LogP contribution >= 0.6 is 0 Å². The second kappa shape index (κ2) is 6.43. The molecule has 2 heterocycles. The van der Waals surface area contributed by atoms with Crippen LogP contribution in [0.3, 0.4) is 0 Å². The maximum Gasteiger partial charge on any atom is 0.257 e. The van der Waals surface area contributed by atoms with Crippen molar-refractivity contribution in [3.8, 4) is 11.5 Å². The van der Waals surface area contributed by atoms with E-state index in [4.69, 9.17) is 9.05 Å². The third-order valence-electron chi connectivity index (χ3n) is 6.69. The summed E-state index contributed by atoms with van der Waals surface area (Å²) in [5.74, 6) is 2.81. The summed E-state index contributed by atoms with van der Waals surface area (Å²) >= 11 is 0. The quantitative estimate of drug-likeness (QED) is 0.701. The first-order valence-corrected chi connectivity index (χ1v) is 10.0. The van der Waals surface area contributed by atoms with Crippen LogP contribution in [0.4, 0.5) is 5.69 Å². The van der Waals surface area contributed by atoms with Crippen molar-refractivity contribution in [3.63, 3.8) is 0 Å². The Labute approximate surface area is 163 Å². The van der Waals surface area contributed by atoms with Crippen LogP contribution < -0.4 is 5.32 Å². The minimum absolute atomic E-state index is 0.110.